The Hall–Kier alpha value is -3.10. The van der Waals surface area contributed by atoms with Crippen LogP contribution in [0, 0.1) is 5.92 Å². The summed E-state index contributed by atoms with van der Waals surface area (Å²) in [5.74, 6) is -1.71. The summed E-state index contributed by atoms with van der Waals surface area (Å²) in [5.41, 5.74) is -0.130. The molecule has 0 radical (unpaired) electrons. The highest BCUT2D eigenvalue weighted by molar-refractivity contribution is 5.93. The zero-order chi connectivity index (χ0) is 26.6. The summed E-state index contributed by atoms with van der Waals surface area (Å²) in [6.45, 7) is 11.0. The maximum absolute atomic E-state index is 13.9. The third-order valence-electron chi connectivity index (χ3n) is 5.50. The van der Waals surface area contributed by atoms with E-state index in [9.17, 15) is 19.2 Å². The van der Waals surface area contributed by atoms with Gasteiger partial charge >= 0.3 is 12.1 Å². The van der Waals surface area contributed by atoms with Gasteiger partial charge in [0.05, 0.1) is 7.11 Å². The number of esters is 1. The highest BCUT2D eigenvalue weighted by Gasteiger charge is 2.37. The van der Waals surface area contributed by atoms with E-state index >= 15 is 0 Å². The summed E-state index contributed by atoms with van der Waals surface area (Å²) in [6, 6.07) is 7.00. The molecular formula is C26H41N3O6. The summed E-state index contributed by atoms with van der Waals surface area (Å²) in [6.07, 6.45) is 1.37. The number of ether oxygens (including phenoxy) is 2. The molecule has 1 rings (SSSR count). The third kappa shape index (κ3) is 9.96. The van der Waals surface area contributed by atoms with Gasteiger partial charge in [-0.05, 0) is 38.7 Å². The molecule has 0 aromatic heterocycles. The van der Waals surface area contributed by atoms with Crippen molar-refractivity contribution in [3.63, 3.8) is 0 Å². The van der Waals surface area contributed by atoms with Gasteiger partial charge in [0.15, 0.2) is 0 Å². The van der Waals surface area contributed by atoms with Crippen molar-refractivity contribution in [2.45, 2.75) is 78.5 Å². The topological polar surface area (TPSA) is 114 Å². The van der Waals surface area contributed by atoms with E-state index in [4.69, 9.17) is 4.74 Å². The van der Waals surface area contributed by atoms with E-state index in [1.54, 1.807) is 45.0 Å². The Balaban J connectivity index is 3.41. The minimum Gasteiger partial charge on any atom is -0.468 e. The zero-order valence-corrected chi connectivity index (χ0v) is 22.1. The Morgan fingerprint density at radius 1 is 1.06 bits per heavy atom. The smallest absolute Gasteiger partial charge is 0.408 e. The zero-order valence-electron chi connectivity index (χ0n) is 22.1. The van der Waals surface area contributed by atoms with Crippen molar-refractivity contribution in [1.29, 1.82) is 0 Å². The maximum atomic E-state index is 13.9. The Morgan fingerprint density at radius 3 is 2.20 bits per heavy atom. The largest absolute Gasteiger partial charge is 0.468 e. The van der Waals surface area contributed by atoms with Crippen molar-refractivity contribution in [2.24, 2.45) is 5.92 Å². The lowest BCUT2D eigenvalue weighted by atomic mass is 9.95. The van der Waals surface area contributed by atoms with Crippen molar-refractivity contribution in [3.05, 3.63) is 35.9 Å². The summed E-state index contributed by atoms with van der Waals surface area (Å²) in [5, 5.41) is 5.31. The molecule has 0 spiro atoms. The Kier molecular flexibility index (Phi) is 12.3. The van der Waals surface area contributed by atoms with Crippen LogP contribution >= 0.6 is 0 Å². The monoisotopic (exact) mass is 491 g/mol. The van der Waals surface area contributed by atoms with Gasteiger partial charge in [-0.2, -0.15) is 0 Å². The van der Waals surface area contributed by atoms with Crippen molar-refractivity contribution < 1.29 is 28.7 Å². The van der Waals surface area contributed by atoms with E-state index < -0.39 is 35.7 Å². The number of methoxy groups -OCH3 is 1. The highest BCUT2D eigenvalue weighted by atomic mass is 16.6. The Labute approximate surface area is 208 Å². The van der Waals surface area contributed by atoms with E-state index in [-0.39, 0.29) is 18.4 Å². The van der Waals surface area contributed by atoms with Gasteiger partial charge in [0.1, 0.15) is 24.2 Å². The number of rotatable bonds is 12. The number of carbonyl (C=O) groups excluding carboxylic acids is 4. The molecule has 0 fully saturated rings. The molecule has 0 aliphatic rings. The van der Waals surface area contributed by atoms with E-state index in [0.717, 1.165) is 6.42 Å². The first-order chi connectivity index (χ1) is 16.4. The summed E-state index contributed by atoms with van der Waals surface area (Å²) >= 11 is 0. The molecule has 0 heterocycles. The van der Waals surface area contributed by atoms with Crippen LogP contribution in [0.1, 0.15) is 72.4 Å². The second-order valence-electron chi connectivity index (χ2n) is 9.50. The van der Waals surface area contributed by atoms with Crippen molar-refractivity contribution >= 4 is 23.9 Å². The fourth-order valence-corrected chi connectivity index (χ4v) is 3.43. The molecule has 0 bridgehead atoms. The molecule has 35 heavy (non-hydrogen) atoms. The number of nitrogens with zero attached hydrogens (tertiary/aromatic N) is 1. The average Bonchev–Trinajstić information content (AvgIpc) is 2.81. The Bertz CT molecular complexity index is 837. The van der Waals surface area contributed by atoms with Crippen LogP contribution in [0.4, 0.5) is 4.79 Å². The van der Waals surface area contributed by atoms with Gasteiger partial charge in [-0.15, -0.1) is 0 Å². The van der Waals surface area contributed by atoms with Crippen LogP contribution in [0.25, 0.3) is 0 Å². The lowest BCUT2D eigenvalue weighted by Crippen LogP contribution is -2.55. The number of benzene rings is 1. The van der Waals surface area contributed by atoms with Crippen LogP contribution in [-0.2, 0) is 23.9 Å². The van der Waals surface area contributed by atoms with Crippen LogP contribution in [-0.4, -0.2) is 60.6 Å². The van der Waals surface area contributed by atoms with Crippen molar-refractivity contribution in [1.82, 2.24) is 15.5 Å². The molecule has 1 aromatic rings. The number of hydrogen-bond acceptors (Lipinski definition) is 6. The quantitative estimate of drug-likeness (QED) is 0.432. The van der Waals surface area contributed by atoms with Gasteiger partial charge in [-0.25, -0.2) is 4.79 Å². The van der Waals surface area contributed by atoms with Crippen molar-refractivity contribution in [3.8, 4) is 0 Å². The number of hydrogen-bond donors (Lipinski definition) is 2. The van der Waals surface area contributed by atoms with E-state index in [1.165, 1.54) is 12.0 Å². The molecule has 9 nitrogen and oxygen atoms in total. The van der Waals surface area contributed by atoms with E-state index in [1.807, 2.05) is 26.8 Å². The number of unbranched alkanes of at least 4 members (excludes halogenated alkanes) is 1. The molecule has 3 atom stereocenters. The number of carbonyl (C=O) groups is 4. The van der Waals surface area contributed by atoms with Gasteiger partial charge in [0.25, 0.3) is 0 Å². The van der Waals surface area contributed by atoms with Gasteiger partial charge in [-0.3, -0.25) is 14.4 Å². The molecule has 0 saturated carbocycles. The lowest BCUT2D eigenvalue weighted by Gasteiger charge is -2.36. The molecule has 3 amide bonds. The van der Waals surface area contributed by atoms with Crippen LogP contribution in [0.5, 0.6) is 0 Å². The molecule has 9 heteroatoms. The second-order valence-corrected chi connectivity index (χ2v) is 9.50. The molecular weight excluding hydrogens is 450 g/mol. The predicted molar refractivity (Wildman–Crippen MR) is 133 cm³/mol. The maximum Gasteiger partial charge on any atom is 0.408 e. The van der Waals surface area contributed by atoms with Gasteiger partial charge in [-0.1, -0.05) is 63.9 Å². The molecule has 196 valence electrons. The van der Waals surface area contributed by atoms with Crippen molar-refractivity contribution in [2.75, 3.05) is 20.2 Å². The van der Waals surface area contributed by atoms with E-state index in [0.29, 0.717) is 24.9 Å². The Morgan fingerprint density at radius 2 is 1.69 bits per heavy atom. The van der Waals surface area contributed by atoms with Crippen LogP contribution < -0.4 is 10.6 Å². The molecule has 3 unspecified atom stereocenters. The van der Waals surface area contributed by atoms with Gasteiger partial charge in [0, 0.05) is 6.54 Å². The van der Waals surface area contributed by atoms with Crippen LogP contribution in [0.2, 0.25) is 0 Å². The van der Waals surface area contributed by atoms with Gasteiger partial charge in [0.2, 0.25) is 11.8 Å². The van der Waals surface area contributed by atoms with Gasteiger partial charge < -0.3 is 25.0 Å². The SMILES string of the molecule is CCCCN(C(=O)C(NC(=O)OC(C)(C)C)C(C)CC)C(C(=O)NCC(=O)OC)c1ccccc1. The first-order valence-electron chi connectivity index (χ1n) is 12.1. The molecule has 0 aliphatic carbocycles. The summed E-state index contributed by atoms with van der Waals surface area (Å²) < 4.78 is 10.0. The third-order valence-corrected chi connectivity index (χ3v) is 5.50. The number of alkyl carbamates (subject to hydrolysis) is 1. The number of amides is 3. The van der Waals surface area contributed by atoms with E-state index in [2.05, 4.69) is 15.4 Å². The molecule has 0 saturated heterocycles. The van der Waals surface area contributed by atoms with Crippen LogP contribution in [0.3, 0.4) is 0 Å². The molecule has 2 N–H and O–H groups in total. The normalized spacial score (nSPS) is 13.7. The minimum absolute atomic E-state index is 0.214. The highest BCUT2D eigenvalue weighted by Crippen LogP contribution is 2.25. The standard InChI is InChI=1S/C26H41N3O6/c1-8-10-16-29(24(32)21(18(3)9-2)28-25(33)35-26(4,5)6)22(19-14-12-11-13-15-19)23(31)27-17-20(30)34-7/h11-15,18,21-22H,8-10,16-17H2,1-7H3,(H,27,31)(H,28,33). The molecule has 0 aliphatic heterocycles. The first-order valence-corrected chi connectivity index (χ1v) is 12.1. The van der Waals surface area contributed by atoms with Crippen LogP contribution in [0.15, 0.2) is 30.3 Å². The minimum atomic E-state index is -0.994. The summed E-state index contributed by atoms with van der Waals surface area (Å²) in [7, 11) is 1.24. The summed E-state index contributed by atoms with van der Waals surface area (Å²) in [4.78, 5) is 53.0. The fraction of sp³-hybridized carbons (Fsp3) is 0.615. The first kappa shape index (κ1) is 29.9. The lowest BCUT2D eigenvalue weighted by molar-refractivity contribution is -0.145. The predicted octanol–water partition coefficient (Wildman–Crippen LogP) is 3.59. The number of nitrogens with one attached hydrogen (secondary N) is 2. The average molecular weight is 492 g/mol. The second kappa shape index (κ2) is 14.3. The fourth-order valence-electron chi connectivity index (χ4n) is 3.43. The molecule has 1 aromatic carbocycles.